The molecule has 2 rings (SSSR count). The van der Waals surface area contributed by atoms with Gasteiger partial charge in [0, 0.05) is 5.92 Å². The van der Waals surface area contributed by atoms with Gasteiger partial charge in [-0.2, -0.15) is 0 Å². The lowest BCUT2D eigenvalue weighted by molar-refractivity contribution is -0.121. The van der Waals surface area contributed by atoms with Gasteiger partial charge in [0.05, 0.1) is 0 Å². The largest absolute Gasteiger partial charge is 0.271 e. The van der Waals surface area contributed by atoms with E-state index in [1.54, 1.807) is 0 Å². The van der Waals surface area contributed by atoms with Crippen LogP contribution in [-0.2, 0) is 22.4 Å². The second-order valence-electron chi connectivity index (χ2n) is 3.75. The Morgan fingerprint density at radius 2 is 2.07 bits per heavy atom. The van der Waals surface area contributed by atoms with Crippen molar-refractivity contribution in [2.24, 2.45) is 10.9 Å². The third-order valence-corrected chi connectivity index (χ3v) is 2.85. The molecule has 0 fully saturated rings. The molecule has 1 aliphatic carbocycles. The zero-order chi connectivity index (χ0) is 10.7. The Bertz CT molecular complexity index is 433. The zero-order valence-electron chi connectivity index (χ0n) is 8.27. The first-order valence-corrected chi connectivity index (χ1v) is 5.00. The monoisotopic (exact) mass is 201 g/mol. The minimum atomic E-state index is -0.334. The fourth-order valence-corrected chi connectivity index (χ4v) is 2.04. The second kappa shape index (κ2) is 4.20. The van der Waals surface area contributed by atoms with Crippen molar-refractivity contribution in [3.8, 4) is 0 Å². The molecule has 0 aromatic heterocycles. The molecule has 3 heteroatoms. The molecule has 0 radical (unpaired) electrons. The smallest absolute Gasteiger partial charge is 0.259 e. The third kappa shape index (κ3) is 2.03. The average molecular weight is 201 g/mol. The number of rotatable bonds is 1. The van der Waals surface area contributed by atoms with Crippen molar-refractivity contribution >= 4 is 12.0 Å². The number of hydrogen-bond acceptors (Lipinski definition) is 2. The lowest BCUT2D eigenvalue weighted by atomic mass is 9.83. The summed E-state index contributed by atoms with van der Waals surface area (Å²) in [5.41, 5.74) is 2.50. The van der Waals surface area contributed by atoms with Gasteiger partial charge in [-0.15, -0.1) is 4.99 Å². The van der Waals surface area contributed by atoms with Crippen LogP contribution in [0.25, 0.3) is 0 Å². The molecule has 1 atom stereocenters. The topological polar surface area (TPSA) is 46.5 Å². The minimum Gasteiger partial charge on any atom is -0.271 e. The second-order valence-corrected chi connectivity index (χ2v) is 3.75. The summed E-state index contributed by atoms with van der Waals surface area (Å²) >= 11 is 0. The molecule has 0 spiro atoms. The van der Waals surface area contributed by atoms with Crippen LogP contribution in [0.4, 0.5) is 0 Å². The summed E-state index contributed by atoms with van der Waals surface area (Å²) in [7, 11) is 0. The first-order chi connectivity index (χ1) is 7.31. The number of carbonyl (C=O) groups excluding carboxylic acids is 2. The summed E-state index contributed by atoms with van der Waals surface area (Å²) in [5.74, 6) is -0.471. The Morgan fingerprint density at radius 1 is 1.33 bits per heavy atom. The van der Waals surface area contributed by atoms with Gasteiger partial charge in [0.1, 0.15) is 0 Å². The van der Waals surface area contributed by atoms with Crippen LogP contribution in [0.15, 0.2) is 29.3 Å². The Hall–Kier alpha value is -1.73. The number of hydrogen-bond donors (Lipinski definition) is 0. The maximum Gasteiger partial charge on any atom is 0.259 e. The lowest BCUT2D eigenvalue weighted by Crippen LogP contribution is -2.21. The first kappa shape index (κ1) is 9.81. The molecule has 1 aliphatic rings. The standard InChI is InChI=1S/C12H11NO2/c14-8-13-12(15)11-6-5-9-3-1-2-4-10(9)7-11/h1-4,11H,5-7H2. The molecule has 0 aliphatic heterocycles. The van der Waals surface area contributed by atoms with E-state index in [0.29, 0.717) is 6.42 Å². The van der Waals surface area contributed by atoms with E-state index in [0.717, 1.165) is 12.8 Å². The molecular weight excluding hydrogens is 190 g/mol. The number of nitrogens with zero attached hydrogens (tertiary/aromatic N) is 1. The van der Waals surface area contributed by atoms with E-state index >= 15 is 0 Å². The van der Waals surface area contributed by atoms with Gasteiger partial charge in [-0.1, -0.05) is 24.3 Å². The maximum atomic E-state index is 11.4. The fourth-order valence-electron chi connectivity index (χ4n) is 2.04. The molecule has 0 saturated carbocycles. The molecule has 1 aromatic rings. The van der Waals surface area contributed by atoms with Crippen LogP contribution >= 0.6 is 0 Å². The van der Waals surface area contributed by atoms with E-state index in [2.05, 4.69) is 11.1 Å². The first-order valence-electron chi connectivity index (χ1n) is 5.00. The number of fused-ring (bicyclic) bond motifs is 1. The zero-order valence-corrected chi connectivity index (χ0v) is 8.27. The fraction of sp³-hybridized carbons (Fsp3) is 0.333. The lowest BCUT2D eigenvalue weighted by Gasteiger charge is -2.21. The molecule has 0 saturated heterocycles. The van der Waals surface area contributed by atoms with Crippen LogP contribution in [0, 0.1) is 5.92 Å². The highest BCUT2D eigenvalue weighted by atomic mass is 16.2. The van der Waals surface area contributed by atoms with E-state index in [1.165, 1.54) is 17.2 Å². The number of aryl methyl sites for hydroxylation is 1. The Kier molecular flexibility index (Phi) is 2.75. The van der Waals surface area contributed by atoms with Gasteiger partial charge >= 0.3 is 0 Å². The van der Waals surface area contributed by atoms with Crippen molar-refractivity contribution in [2.45, 2.75) is 19.3 Å². The Morgan fingerprint density at radius 3 is 2.80 bits per heavy atom. The third-order valence-electron chi connectivity index (χ3n) is 2.85. The maximum absolute atomic E-state index is 11.4. The van der Waals surface area contributed by atoms with Crippen molar-refractivity contribution in [1.82, 2.24) is 0 Å². The van der Waals surface area contributed by atoms with E-state index in [9.17, 15) is 9.59 Å². The normalized spacial score (nSPS) is 18.8. The van der Waals surface area contributed by atoms with E-state index in [1.807, 2.05) is 18.2 Å². The van der Waals surface area contributed by atoms with Crippen molar-refractivity contribution in [3.63, 3.8) is 0 Å². The number of amides is 1. The van der Waals surface area contributed by atoms with Gasteiger partial charge in [0.15, 0.2) is 0 Å². The van der Waals surface area contributed by atoms with Crippen LogP contribution < -0.4 is 0 Å². The highest BCUT2D eigenvalue weighted by Crippen LogP contribution is 2.25. The van der Waals surface area contributed by atoms with Crippen molar-refractivity contribution < 1.29 is 9.59 Å². The van der Waals surface area contributed by atoms with E-state index in [4.69, 9.17) is 0 Å². The van der Waals surface area contributed by atoms with E-state index < -0.39 is 0 Å². The van der Waals surface area contributed by atoms with Crippen molar-refractivity contribution in [2.75, 3.05) is 0 Å². The van der Waals surface area contributed by atoms with Crippen LogP contribution in [0.1, 0.15) is 17.5 Å². The molecule has 0 heterocycles. The van der Waals surface area contributed by atoms with Gasteiger partial charge < -0.3 is 0 Å². The molecule has 1 aromatic carbocycles. The van der Waals surface area contributed by atoms with Crippen molar-refractivity contribution in [1.29, 1.82) is 0 Å². The Labute approximate surface area is 87.8 Å². The molecule has 0 bridgehead atoms. The van der Waals surface area contributed by atoms with Crippen LogP contribution in [0.5, 0.6) is 0 Å². The molecule has 0 N–H and O–H groups in total. The predicted octanol–water partition coefficient (Wildman–Crippen LogP) is 1.65. The summed E-state index contributed by atoms with van der Waals surface area (Å²) < 4.78 is 0. The van der Waals surface area contributed by atoms with Crippen LogP contribution in [0.2, 0.25) is 0 Å². The van der Waals surface area contributed by atoms with Crippen molar-refractivity contribution in [3.05, 3.63) is 35.4 Å². The molecule has 76 valence electrons. The SMILES string of the molecule is O=C=NC(=O)C1CCc2ccccc2C1. The average Bonchev–Trinajstić information content (AvgIpc) is 2.29. The quantitative estimate of drug-likeness (QED) is 0.512. The van der Waals surface area contributed by atoms with Gasteiger partial charge in [0.2, 0.25) is 6.08 Å². The predicted molar refractivity (Wildman–Crippen MR) is 55.1 cm³/mol. The van der Waals surface area contributed by atoms with Gasteiger partial charge in [0.25, 0.3) is 5.91 Å². The Balaban J connectivity index is 2.18. The summed E-state index contributed by atoms with van der Waals surface area (Å²) in [5, 5.41) is 0. The van der Waals surface area contributed by atoms with Gasteiger partial charge in [-0.05, 0) is 30.4 Å². The van der Waals surface area contributed by atoms with Crippen LogP contribution in [0.3, 0.4) is 0 Å². The molecule has 1 amide bonds. The summed E-state index contributed by atoms with van der Waals surface area (Å²) in [6, 6.07) is 8.08. The highest BCUT2D eigenvalue weighted by Gasteiger charge is 2.23. The highest BCUT2D eigenvalue weighted by molar-refractivity contribution is 5.84. The number of carbonyl (C=O) groups is 1. The number of isocyanates is 1. The summed E-state index contributed by atoms with van der Waals surface area (Å²) in [6.07, 6.45) is 3.68. The number of aliphatic imine (C=N–C) groups is 1. The van der Waals surface area contributed by atoms with E-state index in [-0.39, 0.29) is 11.8 Å². The molecule has 1 unspecified atom stereocenters. The van der Waals surface area contributed by atoms with Crippen LogP contribution in [-0.4, -0.2) is 12.0 Å². The molecule has 15 heavy (non-hydrogen) atoms. The molecular formula is C12H11NO2. The minimum absolute atomic E-state index is 0.138. The summed E-state index contributed by atoms with van der Waals surface area (Å²) in [4.78, 5) is 24.5. The number of benzene rings is 1. The van der Waals surface area contributed by atoms with Gasteiger partial charge in [-0.25, -0.2) is 4.79 Å². The molecule has 3 nitrogen and oxygen atoms in total. The van der Waals surface area contributed by atoms with Gasteiger partial charge in [-0.3, -0.25) is 4.79 Å². The summed E-state index contributed by atoms with van der Waals surface area (Å²) in [6.45, 7) is 0.